The minimum atomic E-state index is -0.243. The van der Waals surface area contributed by atoms with Crippen molar-refractivity contribution in [2.24, 2.45) is 0 Å². The molecule has 3 aromatic heterocycles. The average molecular weight is 422 g/mol. The van der Waals surface area contributed by atoms with Gasteiger partial charge < -0.3 is 16.4 Å². The standard InChI is InChI=1S/C23H18N8O/c24-17-4-1-2-5-18(17)29-22(32)15-7-9-16(10-8-15)28-23-25-13-11-19(30-23)20-14-26-21-6-3-12-27-31(20)21/h1-14H,24H2,(H,29,32)(H,25,28,30). The largest absolute Gasteiger partial charge is 0.397 e. The van der Waals surface area contributed by atoms with Crippen molar-refractivity contribution in [2.75, 3.05) is 16.4 Å². The number of nitrogen functional groups attached to an aromatic ring is 1. The first kappa shape index (κ1) is 19.2. The fourth-order valence-corrected chi connectivity index (χ4v) is 3.20. The number of aromatic nitrogens is 5. The van der Waals surface area contributed by atoms with Crippen molar-refractivity contribution in [2.45, 2.75) is 0 Å². The molecule has 156 valence electrons. The third kappa shape index (κ3) is 3.82. The molecule has 0 aliphatic rings. The number of nitrogens with one attached hydrogen (secondary N) is 2. The minimum Gasteiger partial charge on any atom is -0.397 e. The van der Waals surface area contributed by atoms with Crippen molar-refractivity contribution in [3.8, 4) is 11.4 Å². The Morgan fingerprint density at radius 3 is 2.59 bits per heavy atom. The summed E-state index contributed by atoms with van der Waals surface area (Å²) in [5.74, 6) is 0.176. The predicted molar refractivity (Wildman–Crippen MR) is 123 cm³/mol. The van der Waals surface area contributed by atoms with Gasteiger partial charge in [0.1, 0.15) is 5.69 Å². The summed E-state index contributed by atoms with van der Waals surface area (Å²) in [6.07, 6.45) is 5.09. The third-order valence-corrected chi connectivity index (χ3v) is 4.81. The van der Waals surface area contributed by atoms with Crippen LogP contribution in [0.1, 0.15) is 10.4 Å². The molecule has 0 radical (unpaired) electrons. The van der Waals surface area contributed by atoms with Crippen LogP contribution in [0.2, 0.25) is 0 Å². The van der Waals surface area contributed by atoms with Crippen LogP contribution in [-0.2, 0) is 0 Å². The highest BCUT2D eigenvalue weighted by Crippen LogP contribution is 2.21. The number of fused-ring (bicyclic) bond motifs is 1. The zero-order valence-electron chi connectivity index (χ0n) is 16.8. The van der Waals surface area contributed by atoms with Gasteiger partial charge in [0.25, 0.3) is 5.91 Å². The van der Waals surface area contributed by atoms with Crippen LogP contribution in [0.3, 0.4) is 0 Å². The summed E-state index contributed by atoms with van der Waals surface area (Å²) in [4.78, 5) is 25.7. The van der Waals surface area contributed by atoms with Gasteiger partial charge in [-0.1, -0.05) is 12.1 Å². The Labute approximate surface area is 183 Å². The monoisotopic (exact) mass is 422 g/mol. The van der Waals surface area contributed by atoms with Crippen LogP contribution in [0.4, 0.5) is 23.0 Å². The molecule has 0 aliphatic heterocycles. The van der Waals surface area contributed by atoms with Crippen LogP contribution >= 0.6 is 0 Å². The van der Waals surface area contributed by atoms with Crippen LogP contribution in [-0.4, -0.2) is 30.5 Å². The Kier molecular flexibility index (Phi) is 4.89. The maximum atomic E-state index is 12.5. The first-order valence-electron chi connectivity index (χ1n) is 9.82. The molecule has 32 heavy (non-hydrogen) atoms. The highest BCUT2D eigenvalue weighted by molar-refractivity contribution is 6.05. The minimum absolute atomic E-state index is 0.243. The highest BCUT2D eigenvalue weighted by Gasteiger charge is 2.11. The van der Waals surface area contributed by atoms with E-state index >= 15 is 0 Å². The van der Waals surface area contributed by atoms with E-state index in [0.717, 1.165) is 17.0 Å². The number of carbonyl (C=O) groups excluding carboxylic acids is 1. The number of carbonyl (C=O) groups is 1. The summed E-state index contributed by atoms with van der Waals surface area (Å²) >= 11 is 0. The van der Waals surface area contributed by atoms with Gasteiger partial charge >= 0.3 is 0 Å². The van der Waals surface area contributed by atoms with E-state index in [0.29, 0.717) is 28.6 Å². The lowest BCUT2D eigenvalue weighted by Gasteiger charge is -2.09. The molecule has 3 heterocycles. The van der Waals surface area contributed by atoms with E-state index in [1.807, 2.05) is 24.3 Å². The molecule has 1 amide bonds. The van der Waals surface area contributed by atoms with Gasteiger partial charge in [0.15, 0.2) is 5.65 Å². The number of rotatable bonds is 5. The first-order chi connectivity index (χ1) is 15.7. The fraction of sp³-hybridized carbons (Fsp3) is 0. The van der Waals surface area contributed by atoms with Crippen molar-refractivity contribution in [1.29, 1.82) is 0 Å². The molecule has 0 saturated heterocycles. The van der Waals surface area contributed by atoms with E-state index in [-0.39, 0.29) is 5.91 Å². The van der Waals surface area contributed by atoms with Gasteiger partial charge in [0.2, 0.25) is 5.95 Å². The molecule has 0 atom stereocenters. The van der Waals surface area contributed by atoms with Gasteiger partial charge in [-0.2, -0.15) is 5.10 Å². The first-order valence-corrected chi connectivity index (χ1v) is 9.82. The number of hydrogen-bond acceptors (Lipinski definition) is 7. The van der Waals surface area contributed by atoms with Crippen molar-refractivity contribution < 1.29 is 4.79 Å². The molecule has 9 nitrogen and oxygen atoms in total. The van der Waals surface area contributed by atoms with Gasteiger partial charge in [-0.15, -0.1) is 0 Å². The molecular formula is C23H18N8O. The predicted octanol–water partition coefficient (Wildman–Crippen LogP) is 3.76. The summed E-state index contributed by atoms with van der Waals surface area (Å²) in [7, 11) is 0. The Bertz CT molecular complexity index is 1410. The van der Waals surface area contributed by atoms with Crippen LogP contribution in [0, 0.1) is 0 Å². The number of imidazole rings is 1. The second-order valence-electron chi connectivity index (χ2n) is 6.95. The van der Waals surface area contributed by atoms with Crippen LogP contribution in [0.5, 0.6) is 0 Å². The van der Waals surface area contributed by atoms with E-state index in [1.54, 1.807) is 65.6 Å². The van der Waals surface area contributed by atoms with Gasteiger partial charge in [-0.05, 0) is 54.6 Å². The second-order valence-corrected chi connectivity index (χ2v) is 6.95. The molecule has 5 aromatic rings. The number of para-hydroxylation sites is 2. The van der Waals surface area contributed by atoms with E-state index in [1.165, 1.54) is 0 Å². The van der Waals surface area contributed by atoms with Gasteiger partial charge in [0.05, 0.1) is 23.3 Å². The van der Waals surface area contributed by atoms with E-state index in [2.05, 4.69) is 30.7 Å². The summed E-state index contributed by atoms with van der Waals surface area (Å²) in [6, 6.07) is 19.6. The third-order valence-electron chi connectivity index (χ3n) is 4.81. The van der Waals surface area contributed by atoms with E-state index in [4.69, 9.17) is 5.73 Å². The summed E-state index contributed by atoms with van der Waals surface area (Å²) in [5.41, 5.74) is 10.4. The Balaban J connectivity index is 1.32. The molecule has 0 bridgehead atoms. The number of benzene rings is 2. The van der Waals surface area contributed by atoms with Crippen LogP contribution < -0.4 is 16.4 Å². The SMILES string of the molecule is Nc1ccccc1NC(=O)c1ccc(Nc2nccc(-c3cnc4cccnn34)n2)cc1. The number of nitrogens with zero attached hydrogens (tertiary/aromatic N) is 5. The zero-order chi connectivity index (χ0) is 21.9. The molecule has 0 unspecified atom stereocenters. The summed E-state index contributed by atoms with van der Waals surface area (Å²) < 4.78 is 1.72. The number of anilines is 4. The molecule has 4 N–H and O–H groups in total. The molecule has 0 saturated carbocycles. The highest BCUT2D eigenvalue weighted by atomic mass is 16.1. The second kappa shape index (κ2) is 8.15. The number of nitrogens with two attached hydrogens (primary N) is 1. The summed E-state index contributed by atoms with van der Waals surface area (Å²) in [6.45, 7) is 0. The Morgan fingerprint density at radius 2 is 1.75 bits per heavy atom. The summed E-state index contributed by atoms with van der Waals surface area (Å²) in [5, 5.41) is 10.3. The van der Waals surface area contributed by atoms with Crippen molar-refractivity contribution >= 4 is 34.6 Å². The van der Waals surface area contributed by atoms with Crippen molar-refractivity contribution in [3.63, 3.8) is 0 Å². The Hall–Kier alpha value is -4.79. The van der Waals surface area contributed by atoms with Crippen molar-refractivity contribution in [1.82, 2.24) is 24.6 Å². The maximum absolute atomic E-state index is 12.5. The zero-order valence-corrected chi connectivity index (χ0v) is 16.8. The lowest BCUT2D eigenvalue weighted by atomic mass is 10.2. The quantitative estimate of drug-likeness (QED) is 0.368. The lowest BCUT2D eigenvalue weighted by Crippen LogP contribution is -2.13. The molecular weight excluding hydrogens is 404 g/mol. The smallest absolute Gasteiger partial charge is 0.255 e. The van der Waals surface area contributed by atoms with E-state index < -0.39 is 0 Å². The molecule has 2 aromatic carbocycles. The number of hydrogen-bond donors (Lipinski definition) is 3. The number of amides is 1. The normalized spacial score (nSPS) is 10.8. The molecule has 0 aliphatic carbocycles. The lowest BCUT2D eigenvalue weighted by molar-refractivity contribution is 0.102. The molecule has 9 heteroatoms. The fourth-order valence-electron chi connectivity index (χ4n) is 3.20. The van der Waals surface area contributed by atoms with Crippen LogP contribution in [0.15, 0.2) is 85.3 Å². The molecule has 0 spiro atoms. The van der Waals surface area contributed by atoms with Crippen molar-refractivity contribution in [3.05, 3.63) is 90.9 Å². The van der Waals surface area contributed by atoms with Crippen LogP contribution in [0.25, 0.3) is 17.0 Å². The Morgan fingerprint density at radius 1 is 0.906 bits per heavy atom. The molecule has 0 fully saturated rings. The average Bonchev–Trinajstić information content (AvgIpc) is 3.25. The van der Waals surface area contributed by atoms with E-state index in [9.17, 15) is 4.79 Å². The topological polar surface area (TPSA) is 123 Å². The molecule has 5 rings (SSSR count). The van der Waals surface area contributed by atoms with Gasteiger partial charge in [-0.3, -0.25) is 4.79 Å². The van der Waals surface area contributed by atoms with Gasteiger partial charge in [0, 0.05) is 23.6 Å². The van der Waals surface area contributed by atoms with Gasteiger partial charge in [-0.25, -0.2) is 19.5 Å². The maximum Gasteiger partial charge on any atom is 0.255 e.